The first kappa shape index (κ1) is 15.5. The van der Waals surface area contributed by atoms with Crippen molar-refractivity contribution in [3.05, 3.63) is 34.3 Å². The molecule has 5 nitrogen and oxygen atoms in total. The molecule has 1 amide bonds. The van der Waals surface area contributed by atoms with Gasteiger partial charge in [0.05, 0.1) is 6.42 Å². The van der Waals surface area contributed by atoms with Gasteiger partial charge in [-0.05, 0) is 17.7 Å². The lowest BCUT2D eigenvalue weighted by molar-refractivity contribution is -0.120. The van der Waals surface area contributed by atoms with Gasteiger partial charge in [-0.25, -0.2) is 0 Å². The van der Waals surface area contributed by atoms with Crippen molar-refractivity contribution in [3.63, 3.8) is 0 Å². The summed E-state index contributed by atoms with van der Waals surface area (Å²) in [4.78, 5) is 11.8. The first-order valence-corrected chi connectivity index (χ1v) is 6.63. The molecule has 1 rings (SSSR count). The number of nitrogens with zero attached hydrogens (tertiary/aromatic N) is 1. The van der Waals surface area contributed by atoms with E-state index in [0.717, 1.165) is 10.0 Å². The minimum atomic E-state index is -0.582. The highest BCUT2D eigenvalue weighted by Crippen LogP contribution is 2.14. The third-order valence-corrected chi connectivity index (χ3v) is 3.28. The van der Waals surface area contributed by atoms with E-state index in [0.29, 0.717) is 13.0 Å². The van der Waals surface area contributed by atoms with Gasteiger partial charge in [0.25, 0.3) is 0 Å². The molecule has 0 atom stereocenters. The van der Waals surface area contributed by atoms with Gasteiger partial charge in [0.15, 0.2) is 0 Å². The smallest absolute Gasteiger partial charge is 0.224 e. The Balaban J connectivity index is 2.53. The van der Waals surface area contributed by atoms with Crippen LogP contribution in [0.15, 0.2) is 33.9 Å². The predicted octanol–water partition coefficient (Wildman–Crippen LogP) is 1.88. The van der Waals surface area contributed by atoms with Crippen LogP contribution < -0.4 is 11.1 Å². The van der Waals surface area contributed by atoms with Crippen LogP contribution in [0.5, 0.6) is 0 Å². The second-order valence-corrected chi connectivity index (χ2v) is 5.87. The molecular formula is C13H18BrN3O2. The highest BCUT2D eigenvalue weighted by molar-refractivity contribution is 9.10. The number of halogens is 1. The second kappa shape index (κ2) is 6.56. The molecule has 0 aliphatic rings. The number of nitrogens with two attached hydrogens (primary N) is 1. The normalized spacial score (nSPS) is 12.3. The number of oxime groups is 1. The molecule has 1 aromatic carbocycles. The summed E-state index contributed by atoms with van der Waals surface area (Å²) in [6.45, 7) is 3.90. The van der Waals surface area contributed by atoms with E-state index < -0.39 is 5.41 Å². The van der Waals surface area contributed by atoms with Crippen molar-refractivity contribution in [2.75, 3.05) is 6.54 Å². The summed E-state index contributed by atoms with van der Waals surface area (Å²) >= 11 is 3.36. The molecule has 0 heterocycles. The molecule has 0 radical (unpaired) electrons. The second-order valence-electron chi connectivity index (χ2n) is 4.95. The zero-order chi connectivity index (χ0) is 14.5. The van der Waals surface area contributed by atoms with Gasteiger partial charge in [0.2, 0.25) is 5.91 Å². The standard InChI is InChI=1S/C13H18BrN3O2/c1-13(2,12(15)17-19)8-16-11(18)7-9-4-3-5-10(14)6-9/h3-6,19H,7-8H2,1-2H3,(H2,15,17)(H,16,18). The first-order chi connectivity index (χ1) is 8.85. The summed E-state index contributed by atoms with van der Waals surface area (Å²) in [6, 6.07) is 7.57. The molecule has 0 spiro atoms. The van der Waals surface area contributed by atoms with Gasteiger partial charge in [0, 0.05) is 16.4 Å². The molecule has 0 saturated heterocycles. The Kier molecular flexibility index (Phi) is 5.35. The average molecular weight is 328 g/mol. The van der Waals surface area contributed by atoms with Gasteiger partial charge >= 0.3 is 0 Å². The quantitative estimate of drug-likeness (QED) is 0.334. The largest absolute Gasteiger partial charge is 0.409 e. The van der Waals surface area contributed by atoms with E-state index in [-0.39, 0.29) is 11.7 Å². The fourth-order valence-electron chi connectivity index (χ4n) is 1.44. The molecule has 0 saturated carbocycles. The van der Waals surface area contributed by atoms with E-state index in [4.69, 9.17) is 10.9 Å². The number of hydrogen-bond donors (Lipinski definition) is 3. The topological polar surface area (TPSA) is 87.7 Å². The number of nitrogens with one attached hydrogen (secondary N) is 1. The van der Waals surface area contributed by atoms with Crippen molar-refractivity contribution in [1.82, 2.24) is 5.32 Å². The van der Waals surface area contributed by atoms with Gasteiger partial charge in [-0.3, -0.25) is 4.79 Å². The Morgan fingerprint density at radius 2 is 2.21 bits per heavy atom. The maximum atomic E-state index is 11.8. The number of amidine groups is 1. The van der Waals surface area contributed by atoms with E-state index >= 15 is 0 Å². The Hall–Kier alpha value is -1.56. The summed E-state index contributed by atoms with van der Waals surface area (Å²) in [7, 11) is 0. The fraction of sp³-hybridized carbons (Fsp3) is 0.385. The third kappa shape index (κ3) is 4.90. The maximum absolute atomic E-state index is 11.8. The Bertz CT molecular complexity index is 487. The van der Waals surface area contributed by atoms with E-state index in [9.17, 15) is 4.79 Å². The number of carbonyl (C=O) groups excluding carboxylic acids is 1. The van der Waals surface area contributed by atoms with Gasteiger partial charge < -0.3 is 16.3 Å². The van der Waals surface area contributed by atoms with Crippen LogP contribution in [0.4, 0.5) is 0 Å². The Morgan fingerprint density at radius 3 is 2.79 bits per heavy atom. The summed E-state index contributed by atoms with van der Waals surface area (Å²) in [5, 5.41) is 14.4. The number of benzene rings is 1. The highest BCUT2D eigenvalue weighted by Gasteiger charge is 2.24. The lowest BCUT2D eigenvalue weighted by atomic mass is 9.92. The SMILES string of the molecule is CC(C)(CNC(=O)Cc1cccc(Br)c1)/C(N)=N/O. The van der Waals surface area contributed by atoms with Crippen LogP contribution in [0.1, 0.15) is 19.4 Å². The van der Waals surface area contributed by atoms with Crippen molar-refractivity contribution >= 4 is 27.7 Å². The number of rotatable bonds is 5. The molecule has 19 heavy (non-hydrogen) atoms. The summed E-state index contributed by atoms with van der Waals surface area (Å²) in [5.41, 5.74) is 5.89. The monoisotopic (exact) mass is 327 g/mol. The number of amides is 1. The van der Waals surface area contributed by atoms with E-state index in [1.54, 1.807) is 13.8 Å². The van der Waals surface area contributed by atoms with E-state index in [2.05, 4.69) is 26.4 Å². The van der Waals surface area contributed by atoms with E-state index in [1.165, 1.54) is 0 Å². The zero-order valence-electron chi connectivity index (χ0n) is 11.0. The predicted molar refractivity (Wildman–Crippen MR) is 78.0 cm³/mol. The minimum absolute atomic E-state index is 0.0928. The van der Waals surface area contributed by atoms with Crippen molar-refractivity contribution < 1.29 is 10.0 Å². The zero-order valence-corrected chi connectivity index (χ0v) is 12.6. The third-order valence-electron chi connectivity index (χ3n) is 2.78. The van der Waals surface area contributed by atoms with Gasteiger partial charge in [-0.1, -0.05) is 47.1 Å². The molecule has 4 N–H and O–H groups in total. The Labute approximate surface area is 121 Å². The minimum Gasteiger partial charge on any atom is -0.409 e. The highest BCUT2D eigenvalue weighted by atomic mass is 79.9. The molecule has 0 unspecified atom stereocenters. The average Bonchev–Trinajstić information content (AvgIpc) is 2.35. The molecule has 1 aromatic rings. The fourth-order valence-corrected chi connectivity index (χ4v) is 1.89. The summed E-state index contributed by atoms with van der Waals surface area (Å²) in [5.74, 6) is -0.00725. The van der Waals surface area contributed by atoms with Crippen molar-refractivity contribution in [3.8, 4) is 0 Å². The van der Waals surface area contributed by atoms with Crippen LogP contribution in [0.2, 0.25) is 0 Å². The van der Waals surface area contributed by atoms with Crippen molar-refractivity contribution in [1.29, 1.82) is 0 Å². The molecule has 0 aliphatic heterocycles. The van der Waals surface area contributed by atoms with E-state index in [1.807, 2.05) is 24.3 Å². The van der Waals surface area contributed by atoms with Crippen LogP contribution in [0, 0.1) is 5.41 Å². The first-order valence-electron chi connectivity index (χ1n) is 5.84. The molecule has 0 aromatic heterocycles. The Morgan fingerprint density at radius 1 is 1.53 bits per heavy atom. The molecule has 0 aliphatic carbocycles. The van der Waals surface area contributed by atoms with Crippen LogP contribution in [0.25, 0.3) is 0 Å². The lowest BCUT2D eigenvalue weighted by Crippen LogP contribution is -2.43. The van der Waals surface area contributed by atoms with Gasteiger partial charge in [-0.15, -0.1) is 0 Å². The molecule has 6 heteroatoms. The van der Waals surface area contributed by atoms with Gasteiger partial charge in [-0.2, -0.15) is 0 Å². The van der Waals surface area contributed by atoms with Gasteiger partial charge in [0.1, 0.15) is 5.84 Å². The van der Waals surface area contributed by atoms with Crippen LogP contribution in [-0.4, -0.2) is 23.5 Å². The lowest BCUT2D eigenvalue weighted by Gasteiger charge is -2.23. The van der Waals surface area contributed by atoms with Crippen LogP contribution in [0.3, 0.4) is 0 Å². The van der Waals surface area contributed by atoms with Crippen molar-refractivity contribution in [2.24, 2.45) is 16.3 Å². The molecular weight excluding hydrogens is 310 g/mol. The van der Waals surface area contributed by atoms with Crippen LogP contribution in [-0.2, 0) is 11.2 Å². The maximum Gasteiger partial charge on any atom is 0.224 e. The molecule has 0 bridgehead atoms. The summed E-state index contributed by atoms with van der Waals surface area (Å²) in [6.07, 6.45) is 0.297. The van der Waals surface area contributed by atoms with Crippen molar-refractivity contribution in [2.45, 2.75) is 20.3 Å². The number of hydrogen-bond acceptors (Lipinski definition) is 3. The number of carbonyl (C=O) groups is 1. The molecule has 0 fully saturated rings. The summed E-state index contributed by atoms with van der Waals surface area (Å²) < 4.78 is 0.940. The van der Waals surface area contributed by atoms with Crippen LogP contribution >= 0.6 is 15.9 Å². The molecule has 104 valence electrons.